The fraction of sp³-hybridized carbons (Fsp3) is 0.609. The lowest BCUT2D eigenvalue weighted by Gasteiger charge is -2.38. The van der Waals surface area contributed by atoms with Crippen LogP contribution in [0, 0.1) is 24.7 Å². The highest BCUT2D eigenvalue weighted by Gasteiger charge is 2.75. The maximum Gasteiger partial charge on any atom is 0.248 e. The number of hydrogen-bond acceptors (Lipinski definition) is 5. The molecule has 1 aromatic carbocycles. The van der Waals surface area contributed by atoms with E-state index in [2.05, 4.69) is 17.6 Å². The van der Waals surface area contributed by atoms with Gasteiger partial charge in [0.1, 0.15) is 6.04 Å². The molecule has 32 heavy (non-hydrogen) atoms. The smallest absolute Gasteiger partial charge is 0.248 e. The zero-order valence-corrected chi connectivity index (χ0v) is 20.1. The Bertz CT molecular complexity index is 924. The largest absolute Gasteiger partial charge is 0.395 e. The molecule has 3 aliphatic rings. The van der Waals surface area contributed by atoms with E-state index in [1.807, 2.05) is 26.0 Å². The summed E-state index contributed by atoms with van der Waals surface area (Å²) in [6.45, 7) is 6.28. The summed E-state index contributed by atoms with van der Waals surface area (Å²) in [6.07, 6.45) is 1.59. The number of amides is 3. The molecule has 6 atom stereocenters. The minimum atomic E-state index is -0.781. The molecule has 7 nitrogen and oxygen atoms in total. The van der Waals surface area contributed by atoms with E-state index in [0.29, 0.717) is 17.3 Å². The molecular formula is C23H30ClN3O4S. The second-order valence-electron chi connectivity index (χ2n) is 9.02. The van der Waals surface area contributed by atoms with Crippen LogP contribution in [0.1, 0.15) is 32.3 Å². The lowest BCUT2D eigenvalue weighted by molar-refractivity contribution is -0.139. The van der Waals surface area contributed by atoms with Gasteiger partial charge in [-0.3, -0.25) is 14.4 Å². The van der Waals surface area contributed by atoms with Crippen LogP contribution in [0.15, 0.2) is 18.2 Å². The van der Waals surface area contributed by atoms with Crippen LogP contribution in [0.25, 0.3) is 0 Å². The molecule has 0 saturated carbocycles. The second kappa shape index (κ2) is 8.88. The predicted octanol–water partition coefficient (Wildman–Crippen LogP) is 2.44. The summed E-state index contributed by atoms with van der Waals surface area (Å²) in [7, 11) is 0. The first kappa shape index (κ1) is 23.4. The molecule has 4 rings (SSSR count). The van der Waals surface area contributed by atoms with Crippen molar-refractivity contribution in [1.82, 2.24) is 10.2 Å². The maximum absolute atomic E-state index is 13.7. The van der Waals surface area contributed by atoms with Crippen LogP contribution in [-0.2, 0) is 14.4 Å². The van der Waals surface area contributed by atoms with Crippen molar-refractivity contribution in [2.24, 2.45) is 17.8 Å². The van der Waals surface area contributed by atoms with Crippen LogP contribution in [0.4, 0.5) is 5.69 Å². The monoisotopic (exact) mass is 479 g/mol. The number of rotatable bonds is 7. The quantitative estimate of drug-likeness (QED) is 0.558. The minimum absolute atomic E-state index is 0.00410. The Kier molecular flexibility index (Phi) is 6.49. The van der Waals surface area contributed by atoms with Gasteiger partial charge in [-0.25, -0.2) is 0 Å². The molecule has 3 amide bonds. The van der Waals surface area contributed by atoms with Crippen molar-refractivity contribution in [2.75, 3.05) is 25.0 Å². The fourth-order valence-electron chi connectivity index (χ4n) is 5.82. The van der Waals surface area contributed by atoms with Crippen molar-refractivity contribution >= 4 is 46.8 Å². The minimum Gasteiger partial charge on any atom is -0.395 e. The van der Waals surface area contributed by atoms with Crippen LogP contribution in [0.2, 0.25) is 5.02 Å². The molecule has 2 bridgehead atoms. The molecule has 3 heterocycles. The van der Waals surface area contributed by atoms with Gasteiger partial charge in [-0.2, -0.15) is 0 Å². The molecule has 3 fully saturated rings. The van der Waals surface area contributed by atoms with Gasteiger partial charge in [0.25, 0.3) is 0 Å². The number of para-hydroxylation sites is 1. The maximum atomic E-state index is 13.7. The van der Waals surface area contributed by atoms with Crippen molar-refractivity contribution in [3.8, 4) is 0 Å². The summed E-state index contributed by atoms with van der Waals surface area (Å²) in [5, 5.41) is 16.0. The second-order valence-corrected chi connectivity index (χ2v) is 11.0. The summed E-state index contributed by atoms with van der Waals surface area (Å²) < 4.78 is -0.704. The molecule has 9 heteroatoms. The fourth-order valence-corrected chi connectivity index (χ4v) is 8.51. The van der Waals surface area contributed by atoms with Crippen LogP contribution < -0.4 is 10.6 Å². The summed E-state index contributed by atoms with van der Waals surface area (Å²) >= 11 is 7.96. The number of carbonyl (C=O) groups excluding carboxylic acids is 3. The Morgan fingerprint density at radius 2 is 2.09 bits per heavy atom. The third-order valence-corrected chi connectivity index (χ3v) is 9.55. The molecule has 1 spiro atoms. The average Bonchev–Trinajstić information content (AvgIpc) is 3.33. The lowest BCUT2D eigenvalue weighted by Crippen LogP contribution is -2.55. The highest BCUT2D eigenvalue weighted by molar-refractivity contribution is 8.02. The van der Waals surface area contributed by atoms with Crippen molar-refractivity contribution in [3.63, 3.8) is 0 Å². The number of β-amino-alcohol motifs (C(OH)–C–C–N with tert-alkyl or cyclic N) is 1. The van der Waals surface area contributed by atoms with Gasteiger partial charge in [0.2, 0.25) is 17.7 Å². The number of halogens is 1. The molecule has 3 unspecified atom stereocenters. The van der Waals surface area contributed by atoms with Crippen LogP contribution in [0.3, 0.4) is 0 Å². The predicted molar refractivity (Wildman–Crippen MR) is 126 cm³/mol. The Labute approximate surface area is 197 Å². The lowest BCUT2D eigenvalue weighted by atomic mass is 9.66. The number of benzene rings is 1. The van der Waals surface area contributed by atoms with E-state index in [4.69, 9.17) is 11.6 Å². The first-order valence-corrected chi connectivity index (χ1v) is 12.5. The Morgan fingerprint density at radius 3 is 2.75 bits per heavy atom. The standard InChI is InChI=1S/C23H30ClN3O4S/c1-4-8-25-20(29)16-15-11-13(3)23(32-15)17(16)22(31)27(9-10-28)19(23)21(30)26-18-12(2)6-5-7-14(18)24/h5-7,13,15-17,19,28H,4,8-11H2,1-3H3,(H,25,29)(H,26,30)/t13?,15-,16+,17+,19?,23?/m1/s1. The molecule has 3 N–H and O–H groups in total. The number of aliphatic hydroxyl groups is 1. The van der Waals surface area contributed by atoms with E-state index in [1.165, 1.54) is 4.90 Å². The Hall–Kier alpha value is -1.77. The van der Waals surface area contributed by atoms with E-state index in [9.17, 15) is 19.5 Å². The molecule has 0 aliphatic carbocycles. The number of anilines is 1. The van der Waals surface area contributed by atoms with E-state index < -0.39 is 22.6 Å². The summed E-state index contributed by atoms with van der Waals surface area (Å²) in [4.78, 5) is 41.9. The average molecular weight is 480 g/mol. The Balaban J connectivity index is 1.72. The Morgan fingerprint density at radius 1 is 1.34 bits per heavy atom. The summed E-state index contributed by atoms with van der Waals surface area (Å²) in [5.74, 6) is -1.60. The topological polar surface area (TPSA) is 98.7 Å². The molecule has 3 saturated heterocycles. The van der Waals surface area contributed by atoms with Gasteiger partial charge >= 0.3 is 0 Å². The molecule has 1 aromatic rings. The third kappa shape index (κ3) is 3.42. The van der Waals surface area contributed by atoms with Gasteiger partial charge in [0, 0.05) is 18.3 Å². The number of nitrogens with zero attached hydrogens (tertiary/aromatic N) is 1. The number of nitrogens with one attached hydrogen (secondary N) is 2. The number of likely N-dealkylation sites (tertiary alicyclic amines) is 1. The summed E-state index contributed by atoms with van der Waals surface area (Å²) in [5.41, 5.74) is 1.35. The number of aliphatic hydroxyl groups excluding tert-OH is 1. The first-order valence-electron chi connectivity index (χ1n) is 11.2. The molecule has 3 aliphatic heterocycles. The van der Waals surface area contributed by atoms with E-state index in [1.54, 1.807) is 17.8 Å². The van der Waals surface area contributed by atoms with Gasteiger partial charge in [0.05, 0.1) is 33.9 Å². The van der Waals surface area contributed by atoms with Crippen LogP contribution in [-0.4, -0.2) is 63.5 Å². The van der Waals surface area contributed by atoms with Gasteiger partial charge in [-0.05, 0) is 37.3 Å². The van der Waals surface area contributed by atoms with Crippen LogP contribution >= 0.6 is 23.4 Å². The van der Waals surface area contributed by atoms with Crippen molar-refractivity contribution in [3.05, 3.63) is 28.8 Å². The van der Waals surface area contributed by atoms with Gasteiger partial charge < -0.3 is 20.6 Å². The highest BCUT2D eigenvalue weighted by atomic mass is 35.5. The van der Waals surface area contributed by atoms with Gasteiger partial charge in [-0.1, -0.05) is 37.6 Å². The van der Waals surface area contributed by atoms with Crippen molar-refractivity contribution in [2.45, 2.75) is 49.7 Å². The third-order valence-electron chi connectivity index (χ3n) is 7.16. The number of fused-ring (bicyclic) bond motifs is 1. The van der Waals surface area contributed by atoms with Crippen molar-refractivity contribution < 1.29 is 19.5 Å². The molecule has 0 aromatic heterocycles. The SMILES string of the molecule is CCCNC(=O)[C@@H]1[C@H]2C(=O)N(CCO)C(C(=O)Nc3c(C)cccc3Cl)C23S[C@@H]1CC3C. The van der Waals surface area contributed by atoms with E-state index in [-0.39, 0.29) is 42.0 Å². The number of hydrogen-bond donors (Lipinski definition) is 3. The zero-order chi connectivity index (χ0) is 23.2. The van der Waals surface area contributed by atoms with Gasteiger partial charge in [0.15, 0.2) is 0 Å². The zero-order valence-electron chi connectivity index (χ0n) is 18.6. The number of aryl methyl sites for hydroxylation is 1. The van der Waals surface area contributed by atoms with Gasteiger partial charge in [-0.15, -0.1) is 11.8 Å². The molecular weight excluding hydrogens is 450 g/mol. The summed E-state index contributed by atoms with van der Waals surface area (Å²) in [6, 6.07) is 4.61. The first-order chi connectivity index (χ1) is 15.3. The van der Waals surface area contributed by atoms with E-state index >= 15 is 0 Å². The molecule has 174 valence electrons. The van der Waals surface area contributed by atoms with E-state index in [0.717, 1.165) is 18.4 Å². The highest BCUT2D eigenvalue weighted by Crippen LogP contribution is 2.68. The normalized spacial score (nSPS) is 32.8. The molecule has 0 radical (unpaired) electrons. The number of carbonyl (C=O) groups is 3. The van der Waals surface area contributed by atoms with Crippen LogP contribution in [0.5, 0.6) is 0 Å². The van der Waals surface area contributed by atoms with Crippen molar-refractivity contribution in [1.29, 1.82) is 0 Å². The number of thioether (sulfide) groups is 1.